The third kappa shape index (κ3) is 2.26. The molecule has 0 saturated carbocycles. The van der Waals surface area contributed by atoms with Crippen LogP contribution in [0.15, 0.2) is 30.5 Å². The minimum Gasteiger partial charge on any atom is -0.308 e. The quantitative estimate of drug-likeness (QED) is 0.636. The van der Waals surface area contributed by atoms with Crippen LogP contribution in [0.25, 0.3) is 11.2 Å². The normalized spacial score (nSPS) is 11.2. The maximum Gasteiger partial charge on any atom is 0.160 e. The smallest absolute Gasteiger partial charge is 0.160 e. The van der Waals surface area contributed by atoms with Gasteiger partial charge in [0.2, 0.25) is 0 Å². The van der Waals surface area contributed by atoms with Crippen molar-refractivity contribution >= 4 is 46.0 Å². The molecule has 0 aliphatic carbocycles. The zero-order chi connectivity index (χ0) is 14.3. The van der Waals surface area contributed by atoms with Crippen molar-refractivity contribution in [1.82, 2.24) is 14.5 Å². The van der Waals surface area contributed by atoms with E-state index in [1.54, 1.807) is 12.3 Å². The van der Waals surface area contributed by atoms with Crippen LogP contribution in [-0.4, -0.2) is 14.5 Å². The monoisotopic (exact) mass is 325 g/mol. The molecule has 0 unspecified atom stereocenters. The summed E-state index contributed by atoms with van der Waals surface area (Å²) in [5.74, 6) is 0.876. The molecule has 0 aliphatic heterocycles. The number of hydrogen-bond donors (Lipinski definition) is 0. The topological polar surface area (TPSA) is 30.7 Å². The number of halogens is 3. The lowest BCUT2D eigenvalue weighted by molar-refractivity contribution is 0.777. The van der Waals surface area contributed by atoms with Crippen molar-refractivity contribution in [1.29, 1.82) is 0 Å². The largest absolute Gasteiger partial charge is 0.308 e. The number of nitrogens with zero attached hydrogens (tertiary/aromatic N) is 3. The van der Waals surface area contributed by atoms with E-state index in [9.17, 15) is 0 Å². The molecule has 3 rings (SSSR count). The third-order valence-corrected chi connectivity index (χ3v) is 4.47. The van der Waals surface area contributed by atoms with Crippen molar-refractivity contribution in [3.63, 3.8) is 0 Å². The highest BCUT2D eigenvalue weighted by Gasteiger charge is 2.13. The first-order chi connectivity index (χ1) is 9.58. The number of fused-ring (bicyclic) bond motifs is 1. The Bertz CT molecular complexity index is 796. The van der Waals surface area contributed by atoms with Crippen molar-refractivity contribution in [3.8, 4) is 0 Å². The van der Waals surface area contributed by atoms with Crippen LogP contribution in [0.4, 0.5) is 0 Å². The van der Waals surface area contributed by atoms with E-state index in [2.05, 4.69) is 9.97 Å². The van der Waals surface area contributed by atoms with E-state index >= 15 is 0 Å². The van der Waals surface area contributed by atoms with Gasteiger partial charge < -0.3 is 4.57 Å². The molecule has 2 aromatic heterocycles. The summed E-state index contributed by atoms with van der Waals surface area (Å²) in [7, 11) is 0. The third-order valence-electron chi connectivity index (χ3n) is 3.14. The van der Waals surface area contributed by atoms with Gasteiger partial charge >= 0.3 is 0 Å². The number of rotatable bonds is 2. The van der Waals surface area contributed by atoms with E-state index in [1.807, 2.05) is 29.7 Å². The van der Waals surface area contributed by atoms with Gasteiger partial charge in [-0.1, -0.05) is 40.9 Å². The fourth-order valence-corrected chi connectivity index (χ4v) is 2.73. The number of aryl methyl sites for hydroxylation is 1. The maximum absolute atomic E-state index is 6.25. The van der Waals surface area contributed by atoms with Gasteiger partial charge in [0.25, 0.3) is 0 Å². The predicted octanol–water partition coefficient (Wildman–Crippen LogP) is 4.75. The van der Waals surface area contributed by atoms with Crippen LogP contribution in [-0.2, 0) is 6.54 Å². The van der Waals surface area contributed by atoms with Crippen LogP contribution in [0.5, 0.6) is 0 Å². The molecule has 0 fully saturated rings. The van der Waals surface area contributed by atoms with Crippen molar-refractivity contribution in [2.45, 2.75) is 13.5 Å². The average Bonchev–Trinajstić information content (AvgIpc) is 2.76. The standard InChI is InChI=1S/C14H10Cl3N3/c1-8-19-11-3-2-6-18-14(11)20(8)7-9-4-5-10(15)13(17)12(9)16/h2-6H,7H2,1H3. The van der Waals surface area contributed by atoms with Gasteiger partial charge in [-0.2, -0.15) is 0 Å². The molecule has 1 aromatic carbocycles. The summed E-state index contributed by atoms with van der Waals surface area (Å²) < 4.78 is 2.00. The lowest BCUT2D eigenvalue weighted by Gasteiger charge is -2.10. The van der Waals surface area contributed by atoms with Gasteiger partial charge in [-0.05, 0) is 30.7 Å². The summed E-state index contributed by atoms with van der Waals surface area (Å²) in [6, 6.07) is 7.41. The number of hydrogen-bond acceptors (Lipinski definition) is 2. The van der Waals surface area contributed by atoms with E-state index in [4.69, 9.17) is 34.8 Å². The zero-order valence-corrected chi connectivity index (χ0v) is 12.8. The second-order valence-electron chi connectivity index (χ2n) is 4.43. The van der Waals surface area contributed by atoms with Crippen LogP contribution in [0.2, 0.25) is 15.1 Å². The van der Waals surface area contributed by atoms with Gasteiger partial charge in [-0.3, -0.25) is 0 Å². The lowest BCUT2D eigenvalue weighted by atomic mass is 10.2. The van der Waals surface area contributed by atoms with E-state index in [0.717, 1.165) is 22.6 Å². The van der Waals surface area contributed by atoms with Gasteiger partial charge in [0.15, 0.2) is 5.65 Å². The molecular weight excluding hydrogens is 317 g/mol. The van der Waals surface area contributed by atoms with Crippen LogP contribution in [0.3, 0.4) is 0 Å². The molecule has 20 heavy (non-hydrogen) atoms. The van der Waals surface area contributed by atoms with Crippen molar-refractivity contribution in [2.24, 2.45) is 0 Å². The summed E-state index contributed by atoms with van der Waals surface area (Å²) in [6.07, 6.45) is 1.75. The zero-order valence-electron chi connectivity index (χ0n) is 10.6. The number of imidazole rings is 1. The highest BCUT2D eigenvalue weighted by Crippen LogP contribution is 2.33. The van der Waals surface area contributed by atoms with Crippen LogP contribution < -0.4 is 0 Å². The predicted molar refractivity (Wildman–Crippen MR) is 82.8 cm³/mol. The molecule has 102 valence electrons. The first-order valence-corrected chi connectivity index (χ1v) is 7.11. The van der Waals surface area contributed by atoms with E-state index in [0.29, 0.717) is 21.6 Å². The molecule has 0 radical (unpaired) electrons. The molecular formula is C14H10Cl3N3. The van der Waals surface area contributed by atoms with Crippen molar-refractivity contribution in [2.75, 3.05) is 0 Å². The molecule has 0 N–H and O–H groups in total. The SMILES string of the molecule is Cc1nc2cccnc2n1Cc1ccc(Cl)c(Cl)c1Cl. The highest BCUT2D eigenvalue weighted by molar-refractivity contribution is 6.48. The first-order valence-electron chi connectivity index (χ1n) is 5.98. The Labute approximate surface area is 131 Å². The summed E-state index contributed by atoms with van der Waals surface area (Å²) in [5, 5.41) is 1.29. The van der Waals surface area contributed by atoms with Crippen LogP contribution in [0.1, 0.15) is 11.4 Å². The number of benzene rings is 1. The van der Waals surface area contributed by atoms with E-state index < -0.39 is 0 Å². The molecule has 3 nitrogen and oxygen atoms in total. The van der Waals surface area contributed by atoms with Crippen LogP contribution >= 0.6 is 34.8 Å². The first kappa shape index (κ1) is 13.7. The molecule has 0 amide bonds. The van der Waals surface area contributed by atoms with Crippen molar-refractivity contribution in [3.05, 3.63) is 56.9 Å². The summed E-state index contributed by atoms with van der Waals surface area (Å²) in [5.41, 5.74) is 2.57. The fraction of sp³-hybridized carbons (Fsp3) is 0.143. The molecule has 6 heteroatoms. The van der Waals surface area contributed by atoms with Gasteiger partial charge in [-0.25, -0.2) is 9.97 Å². The molecule has 0 saturated heterocycles. The summed E-state index contributed by atoms with van der Waals surface area (Å²) >= 11 is 18.3. The fourth-order valence-electron chi connectivity index (χ4n) is 2.12. The lowest BCUT2D eigenvalue weighted by Crippen LogP contribution is -2.03. The molecule has 0 spiro atoms. The minimum absolute atomic E-state index is 0.376. The Morgan fingerprint density at radius 2 is 1.90 bits per heavy atom. The van der Waals surface area contributed by atoms with E-state index in [-0.39, 0.29) is 0 Å². The highest BCUT2D eigenvalue weighted by atomic mass is 35.5. The van der Waals surface area contributed by atoms with Crippen LogP contribution in [0, 0.1) is 6.92 Å². The van der Waals surface area contributed by atoms with Crippen molar-refractivity contribution < 1.29 is 0 Å². The summed E-state index contributed by atoms with van der Waals surface area (Å²) in [6.45, 7) is 2.49. The molecule has 0 bridgehead atoms. The number of aromatic nitrogens is 3. The molecule has 3 aromatic rings. The van der Waals surface area contributed by atoms with Gasteiger partial charge in [0.1, 0.15) is 11.3 Å². The second-order valence-corrected chi connectivity index (χ2v) is 5.59. The average molecular weight is 327 g/mol. The van der Waals surface area contributed by atoms with E-state index in [1.165, 1.54) is 0 Å². The molecule has 0 aliphatic rings. The molecule has 2 heterocycles. The maximum atomic E-state index is 6.25. The Kier molecular flexibility index (Phi) is 3.59. The number of pyridine rings is 1. The Morgan fingerprint density at radius 3 is 2.70 bits per heavy atom. The Hall–Kier alpha value is -1.29. The van der Waals surface area contributed by atoms with Gasteiger partial charge in [0, 0.05) is 6.20 Å². The summed E-state index contributed by atoms with van der Waals surface area (Å²) in [4.78, 5) is 8.84. The Balaban J connectivity index is 2.10. The molecule has 0 atom stereocenters. The second kappa shape index (κ2) is 5.24. The van der Waals surface area contributed by atoms with Gasteiger partial charge in [-0.15, -0.1) is 0 Å². The Morgan fingerprint density at radius 1 is 1.10 bits per heavy atom. The minimum atomic E-state index is 0.376. The van der Waals surface area contributed by atoms with Gasteiger partial charge in [0.05, 0.1) is 21.6 Å².